The fraction of sp³-hybridized carbons (Fsp3) is 0.174. The monoisotopic (exact) mass is 350 g/mol. The minimum absolute atomic E-state index is 0.0144. The van der Waals surface area contributed by atoms with Crippen molar-refractivity contribution in [3.05, 3.63) is 77.2 Å². The lowest BCUT2D eigenvalue weighted by Crippen LogP contribution is -2.42. The Hall–Kier alpha value is -3.54. The maximum absolute atomic E-state index is 9.55. The van der Waals surface area contributed by atoms with Gasteiger partial charge in [0.15, 0.2) is 6.07 Å². The summed E-state index contributed by atoms with van der Waals surface area (Å²) in [4.78, 5) is 0. The molecule has 1 heterocycles. The van der Waals surface area contributed by atoms with E-state index in [1.165, 1.54) is 11.1 Å². The molecule has 27 heavy (non-hydrogen) atoms. The third kappa shape index (κ3) is 3.06. The average Bonchev–Trinajstić information content (AvgIpc) is 2.75. The number of allylic oxidation sites excluding steroid dienone is 1. The second kappa shape index (κ2) is 7.37. The van der Waals surface area contributed by atoms with Crippen molar-refractivity contribution >= 4 is 11.6 Å². The number of nitrogens with zero attached hydrogens (tertiary/aromatic N) is 4. The predicted octanol–water partition coefficient (Wildman–Crippen LogP) is 4.19. The van der Waals surface area contributed by atoms with Crippen molar-refractivity contribution < 1.29 is 4.68 Å². The van der Waals surface area contributed by atoms with E-state index in [-0.39, 0.29) is 5.70 Å². The van der Waals surface area contributed by atoms with Crippen LogP contribution in [-0.4, -0.2) is 11.0 Å². The summed E-state index contributed by atoms with van der Waals surface area (Å²) in [6.45, 7) is 0. The largest absolute Gasteiger partial charge is 0.757 e. The van der Waals surface area contributed by atoms with Crippen LogP contribution in [0.4, 0.5) is 0 Å². The number of rotatable bonds is 3. The van der Waals surface area contributed by atoms with E-state index in [1.54, 1.807) is 4.68 Å². The molecule has 0 spiro atoms. The number of benzene rings is 2. The Morgan fingerprint density at radius 2 is 1.48 bits per heavy atom. The second-order valence-electron chi connectivity index (χ2n) is 6.58. The van der Waals surface area contributed by atoms with E-state index in [1.807, 2.05) is 72.6 Å². The summed E-state index contributed by atoms with van der Waals surface area (Å²) in [7, 11) is 0. The molecule has 0 N–H and O–H groups in total. The molecule has 0 saturated heterocycles. The Bertz CT molecular complexity index is 1070. The molecule has 130 valence electrons. The molecule has 0 atom stereocenters. The standard InChI is InChI=1S/C23H18N4/c24-15-19(16-25)27-23(18-11-5-2-6-12-18)21-14-8-7-13-20(21)22(26-27)17-9-3-1-4-10-17/h1-6,9-12H,7-8,13-14H2. The highest BCUT2D eigenvalue weighted by atomic mass is 15.3. The van der Waals surface area contributed by atoms with Gasteiger partial charge in [0.2, 0.25) is 0 Å². The fourth-order valence-electron chi connectivity index (χ4n) is 3.77. The van der Waals surface area contributed by atoms with E-state index in [0.29, 0.717) is 0 Å². The number of fused-ring (bicyclic) bond motifs is 1. The molecular formula is C23H18N4. The zero-order valence-corrected chi connectivity index (χ0v) is 14.9. The van der Waals surface area contributed by atoms with E-state index in [4.69, 9.17) is 5.10 Å². The van der Waals surface area contributed by atoms with Crippen LogP contribution in [0.2, 0.25) is 0 Å². The fourth-order valence-corrected chi connectivity index (χ4v) is 3.77. The smallest absolute Gasteiger partial charge is 0.336 e. The lowest BCUT2D eigenvalue weighted by atomic mass is 9.86. The van der Waals surface area contributed by atoms with Crippen molar-refractivity contribution in [2.75, 3.05) is 0 Å². The molecule has 0 aliphatic heterocycles. The van der Waals surface area contributed by atoms with E-state index >= 15 is 0 Å². The number of nitriles is 1. The van der Waals surface area contributed by atoms with E-state index in [0.717, 1.165) is 48.2 Å². The lowest BCUT2D eigenvalue weighted by molar-refractivity contribution is -0.629. The maximum atomic E-state index is 9.55. The van der Waals surface area contributed by atoms with Crippen molar-refractivity contribution in [2.24, 2.45) is 0 Å². The van der Waals surface area contributed by atoms with Crippen molar-refractivity contribution in [3.63, 3.8) is 0 Å². The second-order valence-corrected chi connectivity index (χ2v) is 6.58. The molecule has 0 radical (unpaired) electrons. The topological polar surface area (TPSA) is 62.9 Å². The minimum atomic E-state index is -0.0144. The zero-order chi connectivity index (χ0) is 18.6. The van der Waals surface area contributed by atoms with E-state index < -0.39 is 0 Å². The van der Waals surface area contributed by atoms with Gasteiger partial charge in [0.1, 0.15) is 5.69 Å². The summed E-state index contributed by atoms with van der Waals surface area (Å²) >= 11 is 0. The summed E-state index contributed by atoms with van der Waals surface area (Å²) in [5.74, 6) is 2.02. The van der Waals surface area contributed by atoms with Gasteiger partial charge in [-0.2, -0.15) is 11.1 Å². The first-order chi connectivity index (χ1) is 13.3. The van der Waals surface area contributed by atoms with Gasteiger partial charge in [0.25, 0.3) is 5.69 Å². The van der Waals surface area contributed by atoms with Crippen molar-refractivity contribution in [2.45, 2.75) is 25.7 Å². The lowest BCUT2D eigenvalue weighted by Gasteiger charge is -2.19. The summed E-state index contributed by atoms with van der Waals surface area (Å²) in [5.41, 5.74) is 6.14. The first kappa shape index (κ1) is 16.9. The van der Waals surface area contributed by atoms with Gasteiger partial charge in [-0.05, 0) is 48.1 Å². The van der Waals surface area contributed by atoms with Crippen LogP contribution < -0.4 is 4.68 Å². The molecule has 0 unspecified atom stereocenters. The number of aromatic nitrogens is 2. The normalized spacial score (nSPS) is 12.6. The highest BCUT2D eigenvalue weighted by Crippen LogP contribution is 2.34. The Morgan fingerprint density at radius 1 is 0.889 bits per heavy atom. The van der Waals surface area contributed by atoms with Crippen molar-refractivity contribution in [3.8, 4) is 28.6 Å². The first-order valence-corrected chi connectivity index (χ1v) is 9.10. The van der Waals surface area contributed by atoms with Crippen molar-refractivity contribution in [1.82, 2.24) is 5.10 Å². The van der Waals surface area contributed by atoms with E-state index in [9.17, 15) is 10.7 Å². The van der Waals surface area contributed by atoms with Gasteiger partial charge in [-0.25, -0.2) is 0 Å². The molecule has 0 amide bonds. The van der Waals surface area contributed by atoms with Crippen LogP contribution in [0.15, 0.2) is 60.7 Å². The molecule has 0 fully saturated rings. The van der Waals surface area contributed by atoms with Gasteiger partial charge in [-0.3, -0.25) is 0 Å². The maximum Gasteiger partial charge on any atom is 0.336 e. The summed E-state index contributed by atoms with van der Waals surface area (Å²) in [6.07, 6.45) is 4.10. The highest BCUT2D eigenvalue weighted by molar-refractivity contribution is 5.85. The van der Waals surface area contributed by atoms with Crippen LogP contribution in [0.25, 0.3) is 33.6 Å². The van der Waals surface area contributed by atoms with Crippen LogP contribution in [0.1, 0.15) is 24.0 Å². The molecule has 0 bridgehead atoms. The van der Waals surface area contributed by atoms with Gasteiger partial charge in [0, 0.05) is 21.8 Å². The third-order valence-corrected chi connectivity index (χ3v) is 4.97. The molecule has 4 heteroatoms. The molecule has 3 aromatic rings. The van der Waals surface area contributed by atoms with Gasteiger partial charge < -0.3 is 5.41 Å². The molecule has 4 nitrogen and oxygen atoms in total. The Kier molecular flexibility index (Phi) is 4.61. The number of hydrogen-bond acceptors (Lipinski definition) is 2. The third-order valence-electron chi connectivity index (χ3n) is 4.97. The molecule has 1 aliphatic carbocycles. The van der Waals surface area contributed by atoms with Gasteiger partial charge in [0.05, 0.1) is 0 Å². The first-order valence-electron chi connectivity index (χ1n) is 9.10. The highest BCUT2D eigenvalue weighted by Gasteiger charge is 2.31. The van der Waals surface area contributed by atoms with Crippen molar-refractivity contribution in [1.29, 1.82) is 5.26 Å². The SMILES string of the molecule is N#CC(=C=[N-])[n+]1nc(-c2ccccc2)c2c(c1-c1ccccc1)CCCC2. The summed E-state index contributed by atoms with van der Waals surface area (Å²) in [5, 5.41) is 23.9. The summed E-state index contributed by atoms with van der Waals surface area (Å²) in [6, 6.07) is 22.0. The molecule has 1 aliphatic rings. The van der Waals surface area contributed by atoms with Crippen LogP contribution in [-0.2, 0) is 12.8 Å². The van der Waals surface area contributed by atoms with Gasteiger partial charge >= 0.3 is 5.70 Å². The molecule has 1 aromatic heterocycles. The average molecular weight is 350 g/mol. The zero-order valence-electron chi connectivity index (χ0n) is 14.9. The van der Waals surface area contributed by atoms with Gasteiger partial charge in [-0.15, -0.1) is 0 Å². The quantitative estimate of drug-likeness (QED) is 0.404. The Balaban J connectivity index is 2.10. The van der Waals surface area contributed by atoms with Crippen LogP contribution >= 0.6 is 0 Å². The van der Waals surface area contributed by atoms with E-state index in [2.05, 4.69) is 0 Å². The Morgan fingerprint density at radius 3 is 2.07 bits per heavy atom. The predicted molar refractivity (Wildman–Crippen MR) is 106 cm³/mol. The molecule has 2 aromatic carbocycles. The van der Waals surface area contributed by atoms with Gasteiger partial charge in [-0.1, -0.05) is 48.5 Å². The van der Waals surface area contributed by atoms with Crippen LogP contribution in [0.3, 0.4) is 0 Å². The van der Waals surface area contributed by atoms with Crippen LogP contribution in [0, 0.1) is 11.3 Å². The molecule has 0 saturated carbocycles. The Labute approximate surface area is 158 Å². The number of hydrogen-bond donors (Lipinski definition) is 0. The summed E-state index contributed by atoms with van der Waals surface area (Å²) < 4.78 is 1.54. The van der Waals surface area contributed by atoms with Crippen LogP contribution in [0.5, 0.6) is 0 Å². The molecular weight excluding hydrogens is 332 g/mol. The minimum Gasteiger partial charge on any atom is -0.757 e. The molecule has 4 rings (SSSR count).